The first-order valence-corrected chi connectivity index (χ1v) is 6.61. The van der Waals surface area contributed by atoms with Gasteiger partial charge in [0, 0.05) is 12.1 Å². The summed E-state index contributed by atoms with van der Waals surface area (Å²) in [6.07, 6.45) is 1.28. The first kappa shape index (κ1) is 12.7. The lowest BCUT2D eigenvalue weighted by Gasteiger charge is -2.11. The molecule has 2 N–H and O–H groups in total. The van der Waals surface area contributed by atoms with Gasteiger partial charge in [-0.25, -0.2) is 0 Å². The van der Waals surface area contributed by atoms with Crippen LogP contribution >= 0.6 is 0 Å². The van der Waals surface area contributed by atoms with E-state index in [4.69, 9.17) is 5.11 Å². The van der Waals surface area contributed by atoms with Gasteiger partial charge in [-0.1, -0.05) is 30.3 Å². The highest BCUT2D eigenvalue weighted by molar-refractivity contribution is 5.98. The Morgan fingerprint density at radius 1 is 1.10 bits per heavy atom. The molecular formula is C16H15NO3. The molecule has 0 aromatic heterocycles. The lowest BCUT2D eigenvalue weighted by atomic mass is 10.1. The summed E-state index contributed by atoms with van der Waals surface area (Å²) in [7, 11) is 0. The van der Waals surface area contributed by atoms with E-state index in [1.54, 1.807) is 6.07 Å². The second kappa shape index (κ2) is 4.63. The van der Waals surface area contributed by atoms with Crippen molar-refractivity contribution in [2.75, 3.05) is 6.54 Å². The molecule has 1 fully saturated rings. The number of aliphatic carboxylic acids is 1. The normalized spacial score (nSPS) is 15.8. The van der Waals surface area contributed by atoms with Crippen molar-refractivity contribution in [3.63, 3.8) is 0 Å². The molecule has 0 heterocycles. The van der Waals surface area contributed by atoms with E-state index in [9.17, 15) is 9.59 Å². The van der Waals surface area contributed by atoms with Crippen LogP contribution in [0.2, 0.25) is 0 Å². The van der Waals surface area contributed by atoms with E-state index in [-0.39, 0.29) is 12.5 Å². The quantitative estimate of drug-likeness (QED) is 0.895. The monoisotopic (exact) mass is 269 g/mol. The van der Waals surface area contributed by atoms with Gasteiger partial charge in [0.25, 0.3) is 5.91 Å². The van der Waals surface area contributed by atoms with Crippen LogP contribution < -0.4 is 5.32 Å². The van der Waals surface area contributed by atoms with E-state index in [0.717, 1.165) is 10.8 Å². The molecule has 1 amide bonds. The van der Waals surface area contributed by atoms with Gasteiger partial charge in [0.1, 0.15) is 0 Å². The number of carbonyl (C=O) groups is 2. The highest BCUT2D eigenvalue weighted by Gasteiger charge is 2.50. The van der Waals surface area contributed by atoms with Crippen molar-refractivity contribution in [1.29, 1.82) is 0 Å². The summed E-state index contributed by atoms with van der Waals surface area (Å²) in [6.45, 7) is 0.202. The second-order valence-electron chi connectivity index (χ2n) is 5.33. The van der Waals surface area contributed by atoms with Crippen LogP contribution in [0.25, 0.3) is 10.8 Å². The summed E-state index contributed by atoms with van der Waals surface area (Å²) in [5.41, 5.74) is -0.170. The van der Waals surface area contributed by atoms with Crippen molar-refractivity contribution in [1.82, 2.24) is 5.32 Å². The third-order valence-corrected chi connectivity index (χ3v) is 3.91. The smallest absolute Gasteiger partial charge is 0.311 e. The summed E-state index contributed by atoms with van der Waals surface area (Å²) in [4.78, 5) is 23.1. The van der Waals surface area contributed by atoms with Crippen LogP contribution in [0.5, 0.6) is 0 Å². The number of rotatable bonds is 4. The van der Waals surface area contributed by atoms with Crippen LogP contribution in [0.15, 0.2) is 42.5 Å². The number of carboxylic acids is 1. The molecule has 20 heavy (non-hydrogen) atoms. The average molecular weight is 269 g/mol. The number of benzene rings is 2. The number of carbonyl (C=O) groups excluding carboxylic acids is 1. The molecule has 1 aliphatic rings. The number of fused-ring (bicyclic) bond motifs is 1. The topological polar surface area (TPSA) is 66.4 Å². The molecule has 1 saturated carbocycles. The lowest BCUT2D eigenvalue weighted by Crippen LogP contribution is -2.34. The summed E-state index contributed by atoms with van der Waals surface area (Å²) >= 11 is 0. The fraction of sp³-hybridized carbons (Fsp3) is 0.250. The molecule has 0 radical (unpaired) electrons. The van der Waals surface area contributed by atoms with E-state index in [2.05, 4.69) is 5.32 Å². The van der Waals surface area contributed by atoms with Gasteiger partial charge in [-0.05, 0) is 35.7 Å². The fourth-order valence-electron chi connectivity index (χ4n) is 2.30. The maximum absolute atomic E-state index is 12.1. The predicted molar refractivity (Wildman–Crippen MR) is 75.6 cm³/mol. The van der Waals surface area contributed by atoms with Crippen molar-refractivity contribution >= 4 is 22.6 Å². The maximum atomic E-state index is 12.1. The van der Waals surface area contributed by atoms with Crippen LogP contribution in [0.1, 0.15) is 23.2 Å². The molecule has 4 heteroatoms. The molecule has 102 valence electrons. The van der Waals surface area contributed by atoms with Crippen LogP contribution in [0.3, 0.4) is 0 Å². The highest BCUT2D eigenvalue weighted by atomic mass is 16.4. The zero-order chi connectivity index (χ0) is 14.2. The SMILES string of the molecule is O=C(NCC1(C(=O)O)CC1)c1ccc2ccccc2c1. The van der Waals surface area contributed by atoms with Crippen LogP contribution in [-0.2, 0) is 4.79 Å². The van der Waals surface area contributed by atoms with Gasteiger partial charge in [0.2, 0.25) is 0 Å². The Balaban J connectivity index is 1.74. The van der Waals surface area contributed by atoms with Gasteiger partial charge in [-0.3, -0.25) is 9.59 Å². The molecule has 0 aliphatic heterocycles. The Kier molecular flexibility index (Phi) is 2.93. The van der Waals surface area contributed by atoms with Gasteiger partial charge in [-0.2, -0.15) is 0 Å². The third kappa shape index (κ3) is 2.25. The Morgan fingerprint density at radius 3 is 2.45 bits per heavy atom. The van der Waals surface area contributed by atoms with Gasteiger partial charge in [0.05, 0.1) is 5.41 Å². The summed E-state index contributed by atoms with van der Waals surface area (Å²) in [5.74, 6) is -1.04. The Morgan fingerprint density at radius 2 is 1.80 bits per heavy atom. The van der Waals surface area contributed by atoms with Crippen molar-refractivity contribution in [3.8, 4) is 0 Å². The van der Waals surface area contributed by atoms with Crippen molar-refractivity contribution < 1.29 is 14.7 Å². The number of nitrogens with one attached hydrogen (secondary N) is 1. The summed E-state index contributed by atoms with van der Waals surface area (Å²) in [6, 6.07) is 13.3. The first-order chi connectivity index (χ1) is 9.61. The van der Waals surface area contributed by atoms with Crippen LogP contribution in [-0.4, -0.2) is 23.5 Å². The summed E-state index contributed by atoms with van der Waals surface area (Å²) in [5, 5.41) is 13.9. The molecule has 2 aromatic carbocycles. The molecule has 0 unspecified atom stereocenters. The van der Waals surface area contributed by atoms with E-state index in [0.29, 0.717) is 18.4 Å². The van der Waals surface area contributed by atoms with Gasteiger partial charge >= 0.3 is 5.97 Å². The largest absolute Gasteiger partial charge is 0.481 e. The van der Waals surface area contributed by atoms with E-state index in [1.807, 2.05) is 36.4 Å². The van der Waals surface area contributed by atoms with Crippen LogP contribution in [0.4, 0.5) is 0 Å². The van der Waals surface area contributed by atoms with E-state index < -0.39 is 11.4 Å². The highest BCUT2D eigenvalue weighted by Crippen LogP contribution is 2.45. The molecule has 0 saturated heterocycles. The lowest BCUT2D eigenvalue weighted by molar-refractivity contribution is -0.143. The van der Waals surface area contributed by atoms with Crippen molar-refractivity contribution in [2.24, 2.45) is 5.41 Å². The third-order valence-electron chi connectivity index (χ3n) is 3.91. The number of amides is 1. The van der Waals surface area contributed by atoms with Crippen molar-refractivity contribution in [3.05, 3.63) is 48.0 Å². The average Bonchev–Trinajstić information content (AvgIpc) is 3.25. The summed E-state index contributed by atoms with van der Waals surface area (Å²) < 4.78 is 0. The Hall–Kier alpha value is -2.36. The van der Waals surface area contributed by atoms with E-state index in [1.165, 1.54) is 0 Å². The zero-order valence-electron chi connectivity index (χ0n) is 10.9. The first-order valence-electron chi connectivity index (χ1n) is 6.61. The van der Waals surface area contributed by atoms with Gasteiger partial charge < -0.3 is 10.4 Å². The van der Waals surface area contributed by atoms with Crippen LogP contribution in [0, 0.1) is 5.41 Å². The Bertz CT molecular complexity index is 689. The minimum Gasteiger partial charge on any atom is -0.481 e. The molecule has 3 rings (SSSR count). The molecular weight excluding hydrogens is 254 g/mol. The molecule has 0 bridgehead atoms. The minimum atomic E-state index is -0.823. The van der Waals surface area contributed by atoms with Crippen molar-refractivity contribution in [2.45, 2.75) is 12.8 Å². The Labute approximate surface area is 116 Å². The fourth-order valence-corrected chi connectivity index (χ4v) is 2.30. The molecule has 2 aromatic rings. The van der Waals surface area contributed by atoms with Gasteiger partial charge in [-0.15, -0.1) is 0 Å². The standard InChI is InChI=1S/C16H15NO3/c18-14(17-10-16(7-8-16)15(19)20)13-6-5-11-3-1-2-4-12(11)9-13/h1-6,9H,7-8,10H2,(H,17,18)(H,19,20). The number of hydrogen-bond acceptors (Lipinski definition) is 2. The van der Waals surface area contributed by atoms with E-state index >= 15 is 0 Å². The maximum Gasteiger partial charge on any atom is 0.311 e. The molecule has 0 spiro atoms. The molecule has 4 nitrogen and oxygen atoms in total. The number of hydrogen-bond donors (Lipinski definition) is 2. The second-order valence-corrected chi connectivity index (χ2v) is 5.33. The molecule has 0 atom stereocenters. The molecule has 1 aliphatic carbocycles. The predicted octanol–water partition coefficient (Wildman–Crippen LogP) is 2.43. The zero-order valence-corrected chi connectivity index (χ0v) is 10.9. The van der Waals surface area contributed by atoms with Gasteiger partial charge in [0.15, 0.2) is 0 Å². The minimum absolute atomic E-state index is 0.202. The number of carboxylic acid groups (broad SMARTS) is 1.